The fraction of sp³-hybridized carbons (Fsp3) is 0.0870. The number of ketones is 1. The summed E-state index contributed by atoms with van der Waals surface area (Å²) >= 11 is 0. The molecule has 1 aliphatic heterocycles. The molecule has 1 aromatic heterocycles. The standard InChI is InChI=1S/C23H18N2O4/c1-14-5-4-6-16(13-14)20-19(21(27)15-9-11-24-12-10-15)22(28)23(29)25(20)17-7-2-3-8-18(17)26/h2-13,20,26-27H,1H3/b21-19-. The number of aliphatic hydroxyl groups is 1. The number of benzene rings is 2. The molecule has 29 heavy (non-hydrogen) atoms. The van der Waals surface area contributed by atoms with Crippen LogP contribution in [0, 0.1) is 6.92 Å². The summed E-state index contributed by atoms with van der Waals surface area (Å²) in [7, 11) is 0. The van der Waals surface area contributed by atoms with Gasteiger partial charge in [-0.25, -0.2) is 0 Å². The largest absolute Gasteiger partial charge is 0.507 e. The van der Waals surface area contributed by atoms with Crippen molar-refractivity contribution in [2.75, 3.05) is 4.90 Å². The highest BCUT2D eigenvalue weighted by Crippen LogP contribution is 2.44. The third kappa shape index (κ3) is 3.14. The minimum atomic E-state index is -0.878. The van der Waals surface area contributed by atoms with Gasteiger partial charge < -0.3 is 10.2 Å². The Kier molecular flexibility index (Phi) is 4.60. The molecule has 6 heteroatoms. The summed E-state index contributed by atoms with van der Waals surface area (Å²) in [6.07, 6.45) is 2.99. The number of hydrogen-bond donors (Lipinski definition) is 2. The fourth-order valence-electron chi connectivity index (χ4n) is 3.57. The minimum absolute atomic E-state index is 0.0324. The van der Waals surface area contributed by atoms with Crippen molar-refractivity contribution in [2.24, 2.45) is 0 Å². The first kappa shape index (κ1) is 18.4. The normalized spacial score (nSPS) is 18.2. The van der Waals surface area contributed by atoms with Gasteiger partial charge in [0.05, 0.1) is 17.3 Å². The van der Waals surface area contributed by atoms with Crippen LogP contribution in [0.15, 0.2) is 78.6 Å². The molecule has 0 spiro atoms. The van der Waals surface area contributed by atoms with Crippen LogP contribution in [-0.2, 0) is 9.59 Å². The van der Waals surface area contributed by atoms with Gasteiger partial charge in [0.25, 0.3) is 11.7 Å². The Balaban J connectivity index is 1.99. The number of aromatic hydroxyl groups is 1. The molecular formula is C23H18N2O4. The lowest BCUT2D eigenvalue weighted by Gasteiger charge is -2.26. The van der Waals surface area contributed by atoms with Crippen LogP contribution in [0.2, 0.25) is 0 Å². The Labute approximate surface area is 167 Å². The molecule has 1 aliphatic rings. The van der Waals surface area contributed by atoms with Gasteiger partial charge >= 0.3 is 0 Å². The number of rotatable bonds is 3. The molecule has 2 aromatic carbocycles. The van der Waals surface area contributed by atoms with E-state index in [1.807, 2.05) is 25.1 Å². The Morgan fingerprint density at radius 2 is 1.72 bits per heavy atom. The molecule has 0 saturated carbocycles. The van der Waals surface area contributed by atoms with E-state index in [4.69, 9.17) is 0 Å². The van der Waals surface area contributed by atoms with E-state index in [0.29, 0.717) is 11.1 Å². The first-order valence-electron chi connectivity index (χ1n) is 9.05. The lowest BCUT2D eigenvalue weighted by atomic mass is 9.94. The Morgan fingerprint density at radius 3 is 2.41 bits per heavy atom. The highest BCUT2D eigenvalue weighted by molar-refractivity contribution is 6.51. The van der Waals surface area contributed by atoms with Crippen LogP contribution >= 0.6 is 0 Å². The summed E-state index contributed by atoms with van der Waals surface area (Å²) in [4.78, 5) is 31.1. The SMILES string of the molecule is Cc1cccc(C2/C(=C(/O)c3ccncc3)C(=O)C(=O)N2c2ccccc2O)c1. The number of amides is 1. The zero-order chi connectivity index (χ0) is 20.5. The zero-order valence-corrected chi connectivity index (χ0v) is 15.6. The number of anilines is 1. The van der Waals surface area contributed by atoms with Crippen molar-refractivity contribution >= 4 is 23.1 Å². The second-order valence-corrected chi connectivity index (χ2v) is 6.81. The number of hydrogen-bond acceptors (Lipinski definition) is 5. The molecule has 1 amide bonds. The van der Waals surface area contributed by atoms with Gasteiger partial charge in [0.2, 0.25) is 0 Å². The molecule has 3 aromatic rings. The van der Waals surface area contributed by atoms with Crippen LogP contribution in [0.4, 0.5) is 5.69 Å². The lowest BCUT2D eigenvalue weighted by Crippen LogP contribution is -2.29. The highest BCUT2D eigenvalue weighted by atomic mass is 16.3. The summed E-state index contributed by atoms with van der Waals surface area (Å²) in [5.74, 6) is -2.03. The number of aryl methyl sites for hydroxylation is 1. The van der Waals surface area contributed by atoms with Crippen LogP contribution in [0.1, 0.15) is 22.7 Å². The van der Waals surface area contributed by atoms with Gasteiger partial charge in [-0.2, -0.15) is 0 Å². The van der Waals surface area contributed by atoms with Crippen molar-refractivity contribution in [2.45, 2.75) is 13.0 Å². The van der Waals surface area contributed by atoms with Gasteiger partial charge in [0.1, 0.15) is 11.5 Å². The van der Waals surface area contributed by atoms with Gasteiger partial charge in [-0.15, -0.1) is 0 Å². The highest BCUT2D eigenvalue weighted by Gasteiger charge is 2.47. The van der Waals surface area contributed by atoms with Crippen molar-refractivity contribution in [3.8, 4) is 5.75 Å². The molecule has 0 bridgehead atoms. The van der Waals surface area contributed by atoms with Crippen molar-refractivity contribution in [1.29, 1.82) is 0 Å². The summed E-state index contributed by atoms with van der Waals surface area (Å²) < 4.78 is 0. The molecule has 0 aliphatic carbocycles. The van der Waals surface area contributed by atoms with E-state index in [1.54, 1.807) is 36.4 Å². The summed E-state index contributed by atoms with van der Waals surface area (Å²) in [5, 5.41) is 21.3. The molecule has 2 heterocycles. The second kappa shape index (κ2) is 7.24. The number of pyridine rings is 1. The quantitative estimate of drug-likeness (QED) is 0.407. The molecule has 1 fully saturated rings. The Bertz CT molecular complexity index is 1140. The van der Waals surface area contributed by atoms with E-state index in [0.717, 1.165) is 5.56 Å². The maximum atomic E-state index is 13.0. The second-order valence-electron chi connectivity index (χ2n) is 6.81. The van der Waals surface area contributed by atoms with Gasteiger partial charge in [-0.05, 0) is 36.8 Å². The molecule has 2 N–H and O–H groups in total. The first-order valence-corrected chi connectivity index (χ1v) is 9.05. The average Bonchev–Trinajstić information content (AvgIpc) is 2.99. The smallest absolute Gasteiger partial charge is 0.300 e. The summed E-state index contributed by atoms with van der Waals surface area (Å²) in [5.41, 5.74) is 2.15. The topological polar surface area (TPSA) is 90.7 Å². The van der Waals surface area contributed by atoms with Gasteiger partial charge in [0, 0.05) is 18.0 Å². The number of phenolic OH excluding ortho intramolecular Hbond substituents is 1. The number of para-hydroxylation sites is 2. The van der Waals surface area contributed by atoms with E-state index in [9.17, 15) is 19.8 Å². The van der Waals surface area contributed by atoms with Crippen LogP contribution in [0.25, 0.3) is 5.76 Å². The van der Waals surface area contributed by atoms with Crippen LogP contribution in [-0.4, -0.2) is 26.9 Å². The zero-order valence-electron chi connectivity index (χ0n) is 15.6. The maximum Gasteiger partial charge on any atom is 0.300 e. The minimum Gasteiger partial charge on any atom is -0.507 e. The predicted octanol–water partition coefficient (Wildman–Crippen LogP) is 3.72. The average molecular weight is 386 g/mol. The molecule has 6 nitrogen and oxygen atoms in total. The van der Waals surface area contributed by atoms with Crippen molar-refractivity contribution in [3.63, 3.8) is 0 Å². The van der Waals surface area contributed by atoms with Crippen molar-refractivity contribution in [3.05, 3.63) is 95.3 Å². The van der Waals surface area contributed by atoms with Gasteiger partial charge in [0.15, 0.2) is 0 Å². The van der Waals surface area contributed by atoms with Crippen LogP contribution in [0.5, 0.6) is 5.75 Å². The molecule has 0 radical (unpaired) electrons. The number of aromatic nitrogens is 1. The van der Waals surface area contributed by atoms with E-state index in [2.05, 4.69) is 4.98 Å². The van der Waals surface area contributed by atoms with E-state index in [-0.39, 0.29) is 22.8 Å². The molecule has 144 valence electrons. The number of aliphatic hydroxyl groups excluding tert-OH is 1. The monoisotopic (exact) mass is 386 g/mol. The van der Waals surface area contributed by atoms with Crippen molar-refractivity contribution in [1.82, 2.24) is 4.98 Å². The van der Waals surface area contributed by atoms with Crippen molar-refractivity contribution < 1.29 is 19.8 Å². The van der Waals surface area contributed by atoms with Crippen LogP contribution < -0.4 is 4.90 Å². The molecule has 1 saturated heterocycles. The molecule has 1 atom stereocenters. The summed E-state index contributed by atoms with van der Waals surface area (Å²) in [6.45, 7) is 1.90. The third-order valence-corrected chi connectivity index (χ3v) is 4.90. The van der Waals surface area contributed by atoms with Crippen LogP contribution in [0.3, 0.4) is 0 Å². The van der Waals surface area contributed by atoms with E-state index in [1.165, 1.54) is 23.4 Å². The van der Waals surface area contributed by atoms with E-state index >= 15 is 0 Å². The number of carbonyl (C=O) groups is 2. The first-order chi connectivity index (χ1) is 14.0. The third-order valence-electron chi connectivity index (χ3n) is 4.90. The number of nitrogens with zero attached hydrogens (tertiary/aromatic N) is 2. The predicted molar refractivity (Wildman–Crippen MR) is 108 cm³/mol. The van der Waals surface area contributed by atoms with E-state index < -0.39 is 17.7 Å². The fourth-order valence-corrected chi connectivity index (χ4v) is 3.57. The van der Waals surface area contributed by atoms with Gasteiger partial charge in [-0.3, -0.25) is 19.5 Å². The summed E-state index contributed by atoms with van der Waals surface area (Å²) in [6, 6.07) is 15.9. The Hall–Kier alpha value is -3.93. The van der Waals surface area contributed by atoms with Gasteiger partial charge in [-0.1, -0.05) is 42.0 Å². The molecule has 4 rings (SSSR count). The Morgan fingerprint density at radius 1 is 1.00 bits per heavy atom. The molecular weight excluding hydrogens is 368 g/mol. The number of phenols is 1. The number of Topliss-reactive ketones (excluding diaryl/α,β-unsaturated/α-hetero) is 1. The maximum absolute atomic E-state index is 13.0. The lowest BCUT2D eigenvalue weighted by molar-refractivity contribution is -0.132. The molecule has 1 unspecified atom stereocenters. The number of carbonyl (C=O) groups excluding carboxylic acids is 2.